The fourth-order valence-corrected chi connectivity index (χ4v) is 4.31. The van der Waals surface area contributed by atoms with E-state index >= 15 is 0 Å². The molecule has 0 aliphatic carbocycles. The lowest BCUT2D eigenvalue weighted by Crippen LogP contribution is -2.36. The first-order chi connectivity index (χ1) is 15.6. The van der Waals surface area contributed by atoms with Gasteiger partial charge in [-0.05, 0) is 48.9 Å². The first-order valence-corrected chi connectivity index (χ1v) is 10.8. The molecule has 32 heavy (non-hydrogen) atoms. The topological polar surface area (TPSA) is 101 Å². The van der Waals surface area contributed by atoms with Crippen molar-refractivity contribution >= 4 is 39.7 Å². The predicted octanol–water partition coefficient (Wildman–Crippen LogP) is 5.09. The normalized spacial score (nSPS) is 13.8. The van der Waals surface area contributed by atoms with E-state index in [0.717, 1.165) is 10.4 Å². The number of amides is 2. The Morgan fingerprint density at radius 1 is 1.06 bits per heavy atom. The first-order valence-electron chi connectivity index (χ1n) is 9.95. The number of anilines is 2. The van der Waals surface area contributed by atoms with Crippen molar-refractivity contribution in [3.63, 3.8) is 0 Å². The number of carbonyl (C=O) groups is 2. The van der Waals surface area contributed by atoms with Crippen LogP contribution in [-0.2, 0) is 9.59 Å². The molecule has 1 aliphatic heterocycles. The van der Waals surface area contributed by atoms with E-state index in [1.54, 1.807) is 36.8 Å². The van der Waals surface area contributed by atoms with Gasteiger partial charge in [0.15, 0.2) is 10.9 Å². The summed E-state index contributed by atoms with van der Waals surface area (Å²) in [4.78, 5) is 30.6. The minimum absolute atomic E-state index is 0.151. The number of benzene rings is 1. The number of thiazole rings is 1. The SMILES string of the molecule is Cc1cccc(N2N=C(C(=O)Nc3nc(-c4ccco4)c(-c4ccco4)s3)CCC2=O)c1. The van der Waals surface area contributed by atoms with Gasteiger partial charge in [-0.3, -0.25) is 14.9 Å². The molecule has 0 radical (unpaired) electrons. The predicted molar refractivity (Wildman–Crippen MR) is 121 cm³/mol. The summed E-state index contributed by atoms with van der Waals surface area (Å²) in [5.41, 5.74) is 2.48. The lowest BCUT2D eigenvalue weighted by molar-refractivity contribution is -0.118. The molecule has 1 N–H and O–H groups in total. The first kappa shape index (κ1) is 20.0. The molecule has 5 rings (SSSR count). The molecule has 1 aliphatic rings. The van der Waals surface area contributed by atoms with Crippen LogP contribution in [-0.4, -0.2) is 22.5 Å². The quantitative estimate of drug-likeness (QED) is 0.460. The van der Waals surface area contributed by atoms with Crippen molar-refractivity contribution in [2.75, 3.05) is 10.3 Å². The molecule has 9 heteroatoms. The maximum Gasteiger partial charge on any atom is 0.273 e. The molecule has 8 nitrogen and oxygen atoms in total. The van der Waals surface area contributed by atoms with Gasteiger partial charge in [-0.2, -0.15) is 5.10 Å². The van der Waals surface area contributed by atoms with Gasteiger partial charge in [0.1, 0.15) is 22.0 Å². The Morgan fingerprint density at radius 2 is 1.84 bits per heavy atom. The fourth-order valence-electron chi connectivity index (χ4n) is 3.38. The molecule has 4 aromatic rings. The number of nitrogens with one attached hydrogen (secondary N) is 1. The second kappa shape index (κ2) is 8.27. The Balaban J connectivity index is 1.43. The second-order valence-corrected chi connectivity index (χ2v) is 8.20. The molecule has 0 atom stereocenters. The van der Waals surface area contributed by atoms with Crippen molar-refractivity contribution < 1.29 is 18.4 Å². The van der Waals surface area contributed by atoms with Crippen molar-refractivity contribution in [3.8, 4) is 22.1 Å². The van der Waals surface area contributed by atoms with Crippen molar-refractivity contribution in [2.45, 2.75) is 19.8 Å². The van der Waals surface area contributed by atoms with Gasteiger partial charge in [-0.1, -0.05) is 23.5 Å². The van der Waals surface area contributed by atoms with Gasteiger partial charge in [0.05, 0.1) is 18.2 Å². The van der Waals surface area contributed by atoms with Crippen LogP contribution in [0.4, 0.5) is 10.8 Å². The number of hydrogen-bond donors (Lipinski definition) is 1. The summed E-state index contributed by atoms with van der Waals surface area (Å²) >= 11 is 1.28. The highest BCUT2D eigenvalue weighted by molar-refractivity contribution is 7.19. The van der Waals surface area contributed by atoms with E-state index in [1.165, 1.54) is 16.3 Å². The standard InChI is InChI=1S/C23H18N4O4S/c1-14-5-2-6-15(13-14)27-19(28)10-9-16(26-27)22(29)25-23-24-20(17-7-3-11-30-17)21(32-23)18-8-4-12-31-18/h2-8,11-13H,9-10H2,1H3,(H,24,25,29). The van der Waals surface area contributed by atoms with Crippen molar-refractivity contribution in [2.24, 2.45) is 5.10 Å². The Kier molecular flexibility index (Phi) is 5.16. The highest BCUT2D eigenvalue weighted by Crippen LogP contribution is 2.39. The third-order valence-electron chi connectivity index (χ3n) is 4.89. The number of nitrogens with zero attached hydrogens (tertiary/aromatic N) is 3. The Hall–Kier alpha value is -3.98. The van der Waals surface area contributed by atoms with Crippen LogP contribution >= 0.6 is 11.3 Å². The lowest BCUT2D eigenvalue weighted by Gasteiger charge is -2.23. The van der Waals surface area contributed by atoms with Crippen molar-refractivity contribution in [3.05, 3.63) is 66.6 Å². The van der Waals surface area contributed by atoms with Gasteiger partial charge in [0, 0.05) is 12.8 Å². The zero-order valence-corrected chi connectivity index (χ0v) is 17.9. The van der Waals surface area contributed by atoms with Gasteiger partial charge in [-0.15, -0.1) is 0 Å². The molecule has 0 spiro atoms. The molecule has 2 amide bonds. The van der Waals surface area contributed by atoms with Crippen LogP contribution in [0.5, 0.6) is 0 Å². The maximum absolute atomic E-state index is 13.0. The molecule has 0 saturated carbocycles. The van der Waals surface area contributed by atoms with E-state index in [0.29, 0.717) is 28.0 Å². The molecule has 0 unspecified atom stereocenters. The van der Waals surface area contributed by atoms with E-state index in [4.69, 9.17) is 8.83 Å². The van der Waals surface area contributed by atoms with Crippen LogP contribution in [0.2, 0.25) is 0 Å². The van der Waals surface area contributed by atoms with E-state index in [2.05, 4.69) is 15.4 Å². The lowest BCUT2D eigenvalue weighted by atomic mass is 10.1. The van der Waals surface area contributed by atoms with Crippen LogP contribution in [0.15, 0.2) is 75.0 Å². The Labute approximate surface area is 187 Å². The summed E-state index contributed by atoms with van der Waals surface area (Å²) in [5, 5.41) is 8.81. The number of furan rings is 2. The number of hydrogen-bond acceptors (Lipinski definition) is 7. The van der Waals surface area contributed by atoms with Crippen LogP contribution in [0.1, 0.15) is 18.4 Å². The average molecular weight is 446 g/mol. The van der Waals surface area contributed by atoms with E-state index < -0.39 is 5.91 Å². The number of aryl methyl sites for hydroxylation is 1. The monoisotopic (exact) mass is 446 g/mol. The third-order valence-corrected chi connectivity index (χ3v) is 5.87. The molecule has 0 saturated heterocycles. The summed E-state index contributed by atoms with van der Waals surface area (Å²) < 4.78 is 11.0. The van der Waals surface area contributed by atoms with Crippen molar-refractivity contribution in [1.82, 2.24) is 4.98 Å². The molecule has 160 valence electrons. The molecule has 3 aromatic heterocycles. The van der Waals surface area contributed by atoms with Gasteiger partial charge < -0.3 is 8.83 Å². The number of carbonyl (C=O) groups excluding carboxylic acids is 2. The van der Waals surface area contributed by atoms with Crippen LogP contribution in [0.25, 0.3) is 22.1 Å². The van der Waals surface area contributed by atoms with Crippen molar-refractivity contribution in [1.29, 1.82) is 0 Å². The highest BCUT2D eigenvalue weighted by Gasteiger charge is 2.27. The minimum atomic E-state index is -0.402. The summed E-state index contributed by atoms with van der Waals surface area (Å²) in [5.74, 6) is 0.641. The minimum Gasteiger partial charge on any atom is -0.463 e. The molecule has 0 bridgehead atoms. The molecule has 1 aromatic carbocycles. The number of rotatable bonds is 5. The number of hydrazone groups is 1. The van der Waals surface area contributed by atoms with Crippen LogP contribution in [0, 0.1) is 6.92 Å². The van der Waals surface area contributed by atoms with Gasteiger partial charge in [0.2, 0.25) is 5.91 Å². The van der Waals surface area contributed by atoms with E-state index in [1.807, 2.05) is 31.2 Å². The van der Waals surface area contributed by atoms with Gasteiger partial charge in [0.25, 0.3) is 5.91 Å². The zero-order chi connectivity index (χ0) is 22.1. The number of aromatic nitrogens is 1. The van der Waals surface area contributed by atoms with Crippen LogP contribution in [0.3, 0.4) is 0 Å². The summed E-state index contributed by atoms with van der Waals surface area (Å²) in [7, 11) is 0. The summed E-state index contributed by atoms with van der Waals surface area (Å²) in [6.45, 7) is 1.94. The highest BCUT2D eigenvalue weighted by atomic mass is 32.1. The molecular formula is C23H18N4O4S. The second-order valence-electron chi connectivity index (χ2n) is 7.20. The fraction of sp³-hybridized carbons (Fsp3) is 0.130. The smallest absolute Gasteiger partial charge is 0.273 e. The molecular weight excluding hydrogens is 428 g/mol. The maximum atomic E-state index is 13.0. The zero-order valence-electron chi connectivity index (χ0n) is 17.1. The average Bonchev–Trinajstić information content (AvgIpc) is 3.55. The third kappa shape index (κ3) is 3.85. The van der Waals surface area contributed by atoms with E-state index in [-0.39, 0.29) is 24.5 Å². The van der Waals surface area contributed by atoms with Gasteiger partial charge >= 0.3 is 0 Å². The van der Waals surface area contributed by atoms with E-state index in [9.17, 15) is 9.59 Å². The molecule has 0 fully saturated rings. The summed E-state index contributed by atoms with van der Waals surface area (Å²) in [6.07, 6.45) is 3.60. The molecule has 4 heterocycles. The largest absolute Gasteiger partial charge is 0.463 e. The Bertz CT molecular complexity index is 1250. The summed E-state index contributed by atoms with van der Waals surface area (Å²) in [6, 6.07) is 14.6. The van der Waals surface area contributed by atoms with Crippen LogP contribution < -0.4 is 10.3 Å². The van der Waals surface area contributed by atoms with Gasteiger partial charge in [-0.25, -0.2) is 9.99 Å². The Morgan fingerprint density at radius 3 is 2.56 bits per heavy atom.